The summed E-state index contributed by atoms with van der Waals surface area (Å²) in [6.07, 6.45) is 2.52. The summed E-state index contributed by atoms with van der Waals surface area (Å²) in [6.45, 7) is -0.0124. The number of aromatic nitrogens is 2. The SMILES string of the molecule is CO/N=C/c1c(N)ncnc1OCc1ccc(F)c(F)c1. The van der Waals surface area contributed by atoms with Crippen molar-refractivity contribution < 1.29 is 18.4 Å². The third-order valence-electron chi connectivity index (χ3n) is 2.52. The molecule has 21 heavy (non-hydrogen) atoms. The molecule has 0 aliphatic heterocycles. The van der Waals surface area contributed by atoms with E-state index >= 15 is 0 Å². The first-order valence-electron chi connectivity index (χ1n) is 5.85. The van der Waals surface area contributed by atoms with Gasteiger partial charge in [0.2, 0.25) is 5.88 Å². The van der Waals surface area contributed by atoms with E-state index in [0.29, 0.717) is 11.1 Å². The Labute approximate surface area is 119 Å². The molecule has 0 fully saturated rings. The molecule has 8 heteroatoms. The van der Waals surface area contributed by atoms with Crippen LogP contribution < -0.4 is 10.5 Å². The lowest BCUT2D eigenvalue weighted by Gasteiger charge is -2.09. The minimum atomic E-state index is -0.945. The van der Waals surface area contributed by atoms with Gasteiger partial charge in [-0.05, 0) is 17.7 Å². The Kier molecular flexibility index (Phi) is 4.60. The standard InChI is InChI=1S/C13H12F2N4O2/c1-20-19-5-9-12(16)17-7-18-13(9)21-6-8-2-3-10(14)11(15)4-8/h2-5,7H,6H2,1H3,(H2,16,17,18)/b19-5+. The van der Waals surface area contributed by atoms with Gasteiger partial charge < -0.3 is 15.3 Å². The van der Waals surface area contributed by atoms with Crippen LogP contribution in [0.15, 0.2) is 29.7 Å². The van der Waals surface area contributed by atoms with Crippen molar-refractivity contribution in [1.82, 2.24) is 9.97 Å². The average Bonchev–Trinajstić information content (AvgIpc) is 2.47. The lowest BCUT2D eigenvalue weighted by atomic mass is 10.2. The lowest BCUT2D eigenvalue weighted by molar-refractivity contribution is 0.215. The summed E-state index contributed by atoms with van der Waals surface area (Å²) in [5.74, 6) is -1.54. The molecule has 6 nitrogen and oxygen atoms in total. The van der Waals surface area contributed by atoms with Crippen molar-refractivity contribution in [3.63, 3.8) is 0 Å². The molecule has 0 saturated carbocycles. The fourth-order valence-electron chi connectivity index (χ4n) is 1.52. The van der Waals surface area contributed by atoms with E-state index in [1.807, 2.05) is 0 Å². The quantitative estimate of drug-likeness (QED) is 0.672. The summed E-state index contributed by atoms with van der Waals surface area (Å²) in [5, 5.41) is 3.57. The Bertz CT molecular complexity index is 665. The van der Waals surface area contributed by atoms with Gasteiger partial charge >= 0.3 is 0 Å². The summed E-state index contributed by atoms with van der Waals surface area (Å²) in [4.78, 5) is 12.3. The van der Waals surface area contributed by atoms with Crippen LogP contribution in [0, 0.1) is 11.6 Å². The molecular weight excluding hydrogens is 282 g/mol. The Balaban J connectivity index is 2.17. The highest BCUT2D eigenvalue weighted by molar-refractivity contribution is 5.87. The van der Waals surface area contributed by atoms with E-state index in [4.69, 9.17) is 10.5 Å². The lowest BCUT2D eigenvalue weighted by Crippen LogP contribution is -2.05. The molecule has 2 N–H and O–H groups in total. The largest absolute Gasteiger partial charge is 0.472 e. The molecule has 1 heterocycles. The number of benzene rings is 1. The average molecular weight is 294 g/mol. The van der Waals surface area contributed by atoms with Crippen molar-refractivity contribution in [2.45, 2.75) is 6.61 Å². The fraction of sp³-hybridized carbons (Fsp3) is 0.154. The summed E-state index contributed by atoms with van der Waals surface area (Å²) < 4.78 is 31.4. The Hall–Kier alpha value is -2.77. The molecule has 2 rings (SSSR count). The number of rotatable bonds is 5. The molecule has 0 unspecified atom stereocenters. The van der Waals surface area contributed by atoms with E-state index in [2.05, 4.69) is 20.0 Å². The Morgan fingerprint density at radius 2 is 2.10 bits per heavy atom. The molecule has 0 aliphatic rings. The van der Waals surface area contributed by atoms with E-state index in [1.54, 1.807) is 0 Å². The maximum absolute atomic E-state index is 13.1. The fourth-order valence-corrected chi connectivity index (χ4v) is 1.52. The topological polar surface area (TPSA) is 82.6 Å². The molecule has 0 saturated heterocycles. The molecule has 0 radical (unpaired) electrons. The van der Waals surface area contributed by atoms with Gasteiger partial charge in [-0.1, -0.05) is 11.2 Å². The minimum Gasteiger partial charge on any atom is -0.472 e. The Morgan fingerprint density at radius 3 is 2.81 bits per heavy atom. The second-order valence-corrected chi connectivity index (χ2v) is 3.93. The van der Waals surface area contributed by atoms with Crippen LogP contribution in [0.3, 0.4) is 0 Å². The molecule has 1 aromatic carbocycles. The molecule has 110 valence electrons. The Morgan fingerprint density at radius 1 is 1.29 bits per heavy atom. The van der Waals surface area contributed by atoms with E-state index in [0.717, 1.165) is 12.1 Å². The zero-order valence-corrected chi connectivity index (χ0v) is 11.1. The van der Waals surface area contributed by atoms with Crippen molar-refractivity contribution in [1.29, 1.82) is 0 Å². The highest BCUT2D eigenvalue weighted by atomic mass is 19.2. The summed E-state index contributed by atoms with van der Waals surface area (Å²) in [5.41, 5.74) is 6.47. The van der Waals surface area contributed by atoms with Crippen molar-refractivity contribution in [3.8, 4) is 5.88 Å². The molecule has 2 aromatic rings. The van der Waals surface area contributed by atoms with Gasteiger partial charge in [0.05, 0.1) is 6.21 Å². The van der Waals surface area contributed by atoms with Crippen LogP contribution >= 0.6 is 0 Å². The first-order valence-corrected chi connectivity index (χ1v) is 5.85. The summed E-state index contributed by atoms with van der Waals surface area (Å²) in [7, 11) is 1.37. The van der Waals surface area contributed by atoms with E-state index in [1.165, 1.54) is 25.7 Å². The number of halogens is 2. The maximum atomic E-state index is 13.1. The number of hydrogen-bond acceptors (Lipinski definition) is 6. The molecule has 0 bridgehead atoms. The number of anilines is 1. The van der Waals surface area contributed by atoms with Crippen molar-refractivity contribution in [3.05, 3.63) is 47.3 Å². The van der Waals surface area contributed by atoms with Crippen LogP contribution in [-0.2, 0) is 11.4 Å². The monoisotopic (exact) mass is 294 g/mol. The second kappa shape index (κ2) is 6.60. The first-order chi connectivity index (χ1) is 10.1. The predicted octanol–water partition coefficient (Wildman–Crippen LogP) is 1.90. The molecule has 0 spiro atoms. The van der Waals surface area contributed by atoms with Gasteiger partial charge in [0.25, 0.3) is 0 Å². The van der Waals surface area contributed by atoms with Gasteiger partial charge in [0.1, 0.15) is 31.4 Å². The number of nitrogen functional groups attached to an aromatic ring is 1. The van der Waals surface area contributed by atoms with Crippen LogP contribution in [0.1, 0.15) is 11.1 Å². The van der Waals surface area contributed by atoms with Crippen molar-refractivity contribution in [2.75, 3.05) is 12.8 Å². The molecule has 0 aliphatic carbocycles. The number of ether oxygens (including phenoxy) is 1. The van der Waals surface area contributed by atoms with Crippen LogP contribution in [0.25, 0.3) is 0 Å². The zero-order chi connectivity index (χ0) is 15.2. The number of nitrogens with two attached hydrogens (primary N) is 1. The second-order valence-electron chi connectivity index (χ2n) is 3.93. The van der Waals surface area contributed by atoms with Crippen molar-refractivity contribution in [2.24, 2.45) is 5.16 Å². The van der Waals surface area contributed by atoms with Gasteiger partial charge in [-0.2, -0.15) is 0 Å². The molecule has 1 aromatic heterocycles. The van der Waals surface area contributed by atoms with E-state index in [-0.39, 0.29) is 18.3 Å². The van der Waals surface area contributed by atoms with Gasteiger partial charge in [-0.3, -0.25) is 0 Å². The maximum Gasteiger partial charge on any atom is 0.228 e. The number of hydrogen-bond donors (Lipinski definition) is 1. The normalized spacial score (nSPS) is 10.8. The summed E-state index contributed by atoms with van der Waals surface area (Å²) >= 11 is 0. The predicted molar refractivity (Wildman–Crippen MR) is 71.7 cm³/mol. The summed E-state index contributed by atoms with van der Waals surface area (Å²) in [6, 6.07) is 3.48. The van der Waals surface area contributed by atoms with Crippen LogP contribution in [0.4, 0.5) is 14.6 Å². The molecular formula is C13H12F2N4O2. The third-order valence-corrected chi connectivity index (χ3v) is 2.52. The van der Waals surface area contributed by atoms with Gasteiger partial charge in [-0.25, -0.2) is 18.7 Å². The highest BCUT2D eigenvalue weighted by Crippen LogP contribution is 2.19. The van der Waals surface area contributed by atoms with E-state index in [9.17, 15) is 8.78 Å². The van der Waals surface area contributed by atoms with E-state index < -0.39 is 11.6 Å². The molecule has 0 atom stereocenters. The highest BCUT2D eigenvalue weighted by Gasteiger charge is 2.10. The van der Waals surface area contributed by atoms with Crippen LogP contribution in [-0.4, -0.2) is 23.3 Å². The van der Waals surface area contributed by atoms with Gasteiger partial charge in [-0.15, -0.1) is 0 Å². The number of nitrogens with zero attached hydrogens (tertiary/aromatic N) is 3. The van der Waals surface area contributed by atoms with Gasteiger partial charge in [0, 0.05) is 0 Å². The third kappa shape index (κ3) is 3.62. The van der Waals surface area contributed by atoms with Crippen molar-refractivity contribution >= 4 is 12.0 Å². The zero-order valence-electron chi connectivity index (χ0n) is 11.1. The molecule has 0 amide bonds. The van der Waals surface area contributed by atoms with Crippen LogP contribution in [0.2, 0.25) is 0 Å². The minimum absolute atomic E-state index is 0.0124. The van der Waals surface area contributed by atoms with Gasteiger partial charge in [0.15, 0.2) is 11.6 Å². The van der Waals surface area contributed by atoms with Crippen LogP contribution in [0.5, 0.6) is 5.88 Å². The number of oxime groups is 1. The smallest absolute Gasteiger partial charge is 0.228 e. The first kappa shape index (κ1) is 14.6.